The van der Waals surface area contributed by atoms with Crippen LogP contribution >= 0.6 is 0 Å². The second kappa shape index (κ2) is 11.0. The minimum Gasteiger partial charge on any atom is -0.496 e. The first-order chi connectivity index (χ1) is 15.1. The van der Waals surface area contributed by atoms with Crippen molar-refractivity contribution in [2.24, 2.45) is 0 Å². The van der Waals surface area contributed by atoms with Crippen molar-refractivity contribution in [2.45, 2.75) is 32.5 Å². The van der Waals surface area contributed by atoms with E-state index in [0.29, 0.717) is 13.1 Å². The van der Waals surface area contributed by atoms with Gasteiger partial charge in [-0.2, -0.15) is 0 Å². The molecule has 1 N–H and O–H groups in total. The number of para-hydroxylation sites is 1. The van der Waals surface area contributed by atoms with Gasteiger partial charge in [0, 0.05) is 18.7 Å². The van der Waals surface area contributed by atoms with Crippen LogP contribution in [0.15, 0.2) is 84.9 Å². The highest BCUT2D eigenvalue weighted by molar-refractivity contribution is 5.88. The lowest BCUT2D eigenvalue weighted by Gasteiger charge is -2.29. The van der Waals surface area contributed by atoms with E-state index in [1.165, 1.54) is 0 Å². The molecular weight excluding hydrogens is 388 g/mol. The summed E-state index contributed by atoms with van der Waals surface area (Å²) in [7, 11) is 1.60. The fraction of sp³-hybridized carbons (Fsp3) is 0.231. The molecule has 2 amide bonds. The molecule has 0 fully saturated rings. The molecule has 5 nitrogen and oxygen atoms in total. The van der Waals surface area contributed by atoms with Crippen molar-refractivity contribution in [1.82, 2.24) is 10.2 Å². The molecule has 0 bridgehead atoms. The number of ether oxygens (including phenoxy) is 1. The van der Waals surface area contributed by atoms with Crippen LogP contribution in [-0.4, -0.2) is 29.9 Å². The van der Waals surface area contributed by atoms with Crippen molar-refractivity contribution in [3.05, 3.63) is 102 Å². The number of carbonyl (C=O) groups excluding carboxylic acids is 2. The quantitative estimate of drug-likeness (QED) is 0.574. The van der Waals surface area contributed by atoms with Gasteiger partial charge in [-0.15, -0.1) is 0 Å². The maximum absolute atomic E-state index is 13.2. The Labute approximate surface area is 183 Å². The second-order valence-electron chi connectivity index (χ2n) is 7.38. The molecular formula is C26H28N2O3. The zero-order valence-corrected chi connectivity index (χ0v) is 18.0. The summed E-state index contributed by atoms with van der Waals surface area (Å²) in [6.07, 6.45) is 0.248. The van der Waals surface area contributed by atoms with Crippen LogP contribution in [0.5, 0.6) is 5.75 Å². The van der Waals surface area contributed by atoms with E-state index in [4.69, 9.17) is 4.74 Å². The summed E-state index contributed by atoms with van der Waals surface area (Å²) < 4.78 is 5.35. The predicted octanol–water partition coefficient (Wildman–Crippen LogP) is 3.97. The van der Waals surface area contributed by atoms with Gasteiger partial charge in [0.25, 0.3) is 0 Å². The van der Waals surface area contributed by atoms with Crippen molar-refractivity contribution in [3.63, 3.8) is 0 Å². The Kier molecular flexibility index (Phi) is 7.82. The number of carbonyl (C=O) groups is 2. The van der Waals surface area contributed by atoms with Crippen LogP contribution < -0.4 is 10.1 Å². The van der Waals surface area contributed by atoms with Crippen molar-refractivity contribution >= 4 is 11.8 Å². The fourth-order valence-corrected chi connectivity index (χ4v) is 3.41. The van der Waals surface area contributed by atoms with Gasteiger partial charge in [-0.1, -0.05) is 78.9 Å². The Morgan fingerprint density at radius 3 is 2.10 bits per heavy atom. The van der Waals surface area contributed by atoms with E-state index in [0.717, 1.165) is 22.4 Å². The molecule has 0 aliphatic rings. The Hall–Kier alpha value is -3.60. The molecule has 0 aromatic heterocycles. The van der Waals surface area contributed by atoms with E-state index < -0.39 is 6.04 Å². The number of amides is 2. The first kappa shape index (κ1) is 22.1. The van der Waals surface area contributed by atoms with Gasteiger partial charge in [0.15, 0.2) is 0 Å². The Bertz CT molecular complexity index is 990. The average molecular weight is 417 g/mol. The zero-order valence-electron chi connectivity index (χ0n) is 18.0. The topological polar surface area (TPSA) is 58.6 Å². The molecule has 3 aromatic rings. The molecule has 5 heteroatoms. The SMILES string of the molecule is COc1ccccc1CNC(=O)[C@H](C)N(Cc1ccccc1)C(=O)Cc1ccccc1. The number of nitrogens with one attached hydrogen (secondary N) is 1. The van der Waals surface area contributed by atoms with Gasteiger partial charge in [-0.05, 0) is 24.1 Å². The molecule has 0 spiro atoms. The molecule has 0 saturated heterocycles. The molecule has 1 atom stereocenters. The summed E-state index contributed by atoms with van der Waals surface area (Å²) in [6.45, 7) is 2.47. The molecule has 0 aliphatic heterocycles. The number of nitrogens with zero attached hydrogens (tertiary/aromatic N) is 1. The molecule has 160 valence electrons. The van der Waals surface area contributed by atoms with Crippen molar-refractivity contribution in [2.75, 3.05) is 7.11 Å². The number of benzene rings is 3. The standard InChI is InChI=1S/C26H28N2O3/c1-20(26(30)27-18-23-15-9-10-16-24(23)31-2)28(19-22-13-7-4-8-14-22)25(29)17-21-11-5-3-6-12-21/h3-16,20H,17-19H2,1-2H3,(H,27,30)/t20-/m0/s1. The Morgan fingerprint density at radius 2 is 1.45 bits per heavy atom. The maximum atomic E-state index is 13.2. The van der Waals surface area contributed by atoms with Crippen LogP contribution in [-0.2, 0) is 29.1 Å². The van der Waals surface area contributed by atoms with E-state index in [-0.39, 0.29) is 18.2 Å². The number of hydrogen-bond acceptors (Lipinski definition) is 3. The number of methoxy groups -OCH3 is 1. The molecule has 0 unspecified atom stereocenters. The van der Waals surface area contributed by atoms with Crippen molar-refractivity contribution < 1.29 is 14.3 Å². The number of hydrogen-bond donors (Lipinski definition) is 1. The average Bonchev–Trinajstić information content (AvgIpc) is 2.82. The lowest BCUT2D eigenvalue weighted by molar-refractivity contribution is -0.140. The smallest absolute Gasteiger partial charge is 0.242 e. The van der Waals surface area contributed by atoms with E-state index in [1.54, 1.807) is 18.9 Å². The van der Waals surface area contributed by atoms with Gasteiger partial charge < -0.3 is 15.0 Å². The third-order valence-corrected chi connectivity index (χ3v) is 5.21. The third-order valence-electron chi connectivity index (χ3n) is 5.21. The van der Waals surface area contributed by atoms with Crippen LogP contribution in [0.25, 0.3) is 0 Å². The summed E-state index contributed by atoms with van der Waals surface area (Å²) in [4.78, 5) is 27.8. The van der Waals surface area contributed by atoms with Gasteiger partial charge in [-0.3, -0.25) is 9.59 Å². The van der Waals surface area contributed by atoms with E-state index >= 15 is 0 Å². The second-order valence-corrected chi connectivity index (χ2v) is 7.38. The van der Waals surface area contributed by atoms with Crippen molar-refractivity contribution in [3.8, 4) is 5.75 Å². The minimum absolute atomic E-state index is 0.0880. The van der Waals surface area contributed by atoms with Crippen LogP contribution in [0.3, 0.4) is 0 Å². The highest BCUT2D eigenvalue weighted by Crippen LogP contribution is 2.17. The lowest BCUT2D eigenvalue weighted by Crippen LogP contribution is -2.48. The first-order valence-electron chi connectivity index (χ1n) is 10.4. The van der Waals surface area contributed by atoms with Crippen LogP contribution in [0.2, 0.25) is 0 Å². The van der Waals surface area contributed by atoms with Crippen molar-refractivity contribution in [1.29, 1.82) is 0 Å². The van der Waals surface area contributed by atoms with Crippen LogP contribution in [0.4, 0.5) is 0 Å². The lowest BCUT2D eigenvalue weighted by atomic mass is 10.1. The van der Waals surface area contributed by atoms with Gasteiger partial charge in [0.1, 0.15) is 11.8 Å². The minimum atomic E-state index is -0.619. The predicted molar refractivity (Wildman–Crippen MR) is 121 cm³/mol. The van der Waals surface area contributed by atoms with Gasteiger partial charge >= 0.3 is 0 Å². The van der Waals surface area contributed by atoms with Crippen LogP contribution in [0, 0.1) is 0 Å². The maximum Gasteiger partial charge on any atom is 0.242 e. The summed E-state index contributed by atoms with van der Waals surface area (Å²) in [5.74, 6) is 0.426. The summed E-state index contributed by atoms with van der Waals surface area (Å²) >= 11 is 0. The highest BCUT2D eigenvalue weighted by atomic mass is 16.5. The van der Waals surface area contributed by atoms with Crippen LogP contribution in [0.1, 0.15) is 23.6 Å². The largest absolute Gasteiger partial charge is 0.496 e. The molecule has 0 radical (unpaired) electrons. The molecule has 0 heterocycles. The van der Waals surface area contributed by atoms with E-state index in [9.17, 15) is 9.59 Å². The monoisotopic (exact) mass is 416 g/mol. The third kappa shape index (κ3) is 6.19. The zero-order chi connectivity index (χ0) is 22.1. The molecule has 0 saturated carbocycles. The molecule has 3 aromatic carbocycles. The molecule has 31 heavy (non-hydrogen) atoms. The fourth-order valence-electron chi connectivity index (χ4n) is 3.41. The normalized spacial score (nSPS) is 11.4. The summed E-state index contributed by atoms with van der Waals surface area (Å²) in [6, 6.07) is 26.2. The summed E-state index contributed by atoms with van der Waals surface area (Å²) in [5, 5.41) is 2.95. The van der Waals surface area contributed by atoms with Gasteiger partial charge in [0.05, 0.1) is 13.5 Å². The highest BCUT2D eigenvalue weighted by Gasteiger charge is 2.26. The van der Waals surface area contributed by atoms with E-state index in [2.05, 4.69) is 5.32 Å². The summed E-state index contributed by atoms with van der Waals surface area (Å²) in [5.41, 5.74) is 2.79. The molecule has 3 rings (SSSR count). The Morgan fingerprint density at radius 1 is 0.871 bits per heavy atom. The molecule has 0 aliphatic carbocycles. The first-order valence-corrected chi connectivity index (χ1v) is 10.4. The van der Waals surface area contributed by atoms with Gasteiger partial charge in [-0.25, -0.2) is 0 Å². The Balaban J connectivity index is 1.73. The number of rotatable bonds is 9. The van der Waals surface area contributed by atoms with Gasteiger partial charge in [0.2, 0.25) is 11.8 Å². The van der Waals surface area contributed by atoms with E-state index in [1.807, 2.05) is 84.9 Å².